The number of hydrogen-bond donors (Lipinski definition) is 2. The van der Waals surface area contributed by atoms with Gasteiger partial charge in [-0.1, -0.05) is 22.0 Å². The molecule has 3 aromatic rings. The van der Waals surface area contributed by atoms with Crippen LogP contribution in [0.5, 0.6) is 11.5 Å². The number of hydrogen-bond acceptors (Lipinski definition) is 5. The van der Waals surface area contributed by atoms with Crippen LogP contribution in [0.25, 0.3) is 5.69 Å². The highest BCUT2D eigenvalue weighted by atomic mass is 16.5. The molecule has 0 aliphatic heterocycles. The van der Waals surface area contributed by atoms with Crippen LogP contribution in [0.1, 0.15) is 17.4 Å². The first-order valence-corrected chi connectivity index (χ1v) is 8.77. The van der Waals surface area contributed by atoms with E-state index in [0.717, 1.165) is 0 Å². The molecule has 1 amide bonds. The number of nitrogens with zero attached hydrogens (tertiary/aromatic N) is 2. The van der Waals surface area contributed by atoms with Crippen LogP contribution in [-0.4, -0.2) is 35.8 Å². The number of ether oxygens (including phenoxy) is 2. The minimum absolute atomic E-state index is 0.160. The van der Waals surface area contributed by atoms with Gasteiger partial charge < -0.3 is 14.8 Å². The number of Topliss-reactive ketones (excluding diaryl/α,β-unsaturated/α-hetero) is 1. The molecule has 0 radical (unpaired) electrons. The molecule has 9 nitrogen and oxygen atoms in total. The topological polar surface area (TPSA) is 106 Å². The molecular weight excluding hydrogens is 376 g/mol. The maximum Gasteiger partial charge on any atom is 0.411 e. The number of methoxy groups -OCH3 is 2. The summed E-state index contributed by atoms with van der Waals surface area (Å²) in [6, 6.07) is 13.5. The van der Waals surface area contributed by atoms with Crippen molar-refractivity contribution in [3.05, 3.63) is 64.6 Å². The van der Waals surface area contributed by atoms with Crippen molar-refractivity contribution in [2.75, 3.05) is 19.5 Å². The van der Waals surface area contributed by atoms with Crippen LogP contribution in [-0.2, 0) is 11.3 Å². The van der Waals surface area contributed by atoms with Crippen molar-refractivity contribution in [3.63, 3.8) is 0 Å². The molecule has 29 heavy (non-hydrogen) atoms. The predicted molar refractivity (Wildman–Crippen MR) is 105 cm³/mol. The second kappa shape index (κ2) is 8.42. The monoisotopic (exact) mass is 397 g/mol. The Balaban J connectivity index is 2.04. The van der Waals surface area contributed by atoms with Crippen molar-refractivity contribution in [2.24, 2.45) is 0 Å². The third kappa shape index (κ3) is 4.34. The minimum atomic E-state index is -0.651. The number of benzene rings is 2. The number of nitrogens with one attached hydrogen (secondary N) is 2. The van der Waals surface area contributed by atoms with Crippen molar-refractivity contribution < 1.29 is 23.7 Å². The third-order valence-corrected chi connectivity index (χ3v) is 4.13. The van der Waals surface area contributed by atoms with Crippen molar-refractivity contribution in [1.29, 1.82) is 0 Å². The summed E-state index contributed by atoms with van der Waals surface area (Å²) in [4.78, 5) is 37.5. The normalized spacial score (nSPS) is 10.4. The molecule has 3 rings (SSSR count). The number of anilines is 1. The summed E-state index contributed by atoms with van der Waals surface area (Å²) in [5, 5.41) is 5.46. The zero-order valence-electron chi connectivity index (χ0n) is 16.3. The van der Waals surface area contributed by atoms with Gasteiger partial charge in [0, 0.05) is 17.8 Å². The largest absolute Gasteiger partial charge is 0.497 e. The number of aromatic nitrogens is 3. The number of rotatable bonds is 7. The zero-order chi connectivity index (χ0) is 21.0. The first kappa shape index (κ1) is 19.9. The van der Waals surface area contributed by atoms with Gasteiger partial charge in [0.2, 0.25) is 0 Å². The molecule has 9 heteroatoms. The van der Waals surface area contributed by atoms with Crippen molar-refractivity contribution in [2.45, 2.75) is 13.5 Å². The molecular formula is C20H21N4O5+. The highest BCUT2D eigenvalue weighted by molar-refractivity contribution is 6.01. The van der Waals surface area contributed by atoms with Crippen molar-refractivity contribution in [3.8, 4) is 17.2 Å². The Morgan fingerprint density at radius 1 is 1.07 bits per heavy atom. The molecule has 0 aliphatic rings. The summed E-state index contributed by atoms with van der Waals surface area (Å²) in [5.41, 5.74) is 0.120. The molecule has 2 N–H and O–H groups in total. The van der Waals surface area contributed by atoms with E-state index in [0.29, 0.717) is 22.9 Å². The van der Waals surface area contributed by atoms with E-state index in [4.69, 9.17) is 9.47 Å². The summed E-state index contributed by atoms with van der Waals surface area (Å²) in [5.74, 6) is 0.235. The van der Waals surface area contributed by atoms with Gasteiger partial charge in [-0.25, -0.2) is 4.79 Å². The zero-order valence-corrected chi connectivity index (χ0v) is 16.3. The molecule has 1 heterocycles. The minimum Gasteiger partial charge on any atom is -0.497 e. The van der Waals surface area contributed by atoms with Crippen LogP contribution in [0.2, 0.25) is 0 Å². The van der Waals surface area contributed by atoms with Gasteiger partial charge in [-0.05, 0) is 31.2 Å². The third-order valence-electron chi connectivity index (χ3n) is 4.13. The lowest BCUT2D eigenvalue weighted by atomic mass is 10.3. The lowest BCUT2D eigenvalue weighted by molar-refractivity contribution is -0.744. The molecule has 2 aromatic carbocycles. The molecule has 0 saturated carbocycles. The molecule has 0 spiro atoms. The maximum atomic E-state index is 13.0. The standard InChI is InChI=1S/C20H20N4O5/c1-13(25)12-23-18(19(26)21-14-6-4-8-16(10-14)28-2)20(27)24(22-23)15-7-5-9-17(11-15)29-3/h4-11H,12H2,1-3H3,(H-,21,22,26,27)/p+1. The molecule has 0 bridgehead atoms. The van der Waals surface area contributed by atoms with E-state index in [1.54, 1.807) is 48.5 Å². The van der Waals surface area contributed by atoms with Gasteiger partial charge in [-0.2, -0.15) is 0 Å². The maximum absolute atomic E-state index is 13.0. The first-order chi connectivity index (χ1) is 13.9. The predicted octanol–water partition coefficient (Wildman–Crippen LogP) is 1.31. The molecule has 150 valence electrons. The summed E-state index contributed by atoms with van der Waals surface area (Å²) < 4.78 is 12.7. The van der Waals surface area contributed by atoms with E-state index in [1.807, 2.05) is 0 Å². The number of carbonyl (C=O) groups excluding carboxylic acids is 2. The molecule has 0 saturated heterocycles. The lowest BCUT2D eigenvalue weighted by Gasteiger charge is -2.05. The van der Waals surface area contributed by atoms with E-state index < -0.39 is 11.5 Å². The molecule has 0 aliphatic carbocycles. The summed E-state index contributed by atoms with van der Waals surface area (Å²) in [6.45, 7) is 1.21. The van der Waals surface area contributed by atoms with E-state index in [1.165, 1.54) is 30.5 Å². The van der Waals surface area contributed by atoms with Crippen LogP contribution in [0.15, 0.2) is 53.3 Å². The Morgan fingerprint density at radius 3 is 2.38 bits per heavy atom. The Kier molecular flexibility index (Phi) is 5.77. The Hall–Kier alpha value is -3.88. The second-order valence-electron chi connectivity index (χ2n) is 6.26. The highest BCUT2D eigenvalue weighted by Gasteiger charge is 2.30. The summed E-state index contributed by atoms with van der Waals surface area (Å²) >= 11 is 0. The summed E-state index contributed by atoms with van der Waals surface area (Å²) in [7, 11) is 3.03. The highest BCUT2D eigenvalue weighted by Crippen LogP contribution is 2.17. The van der Waals surface area contributed by atoms with Gasteiger partial charge in [0.15, 0.2) is 18.0 Å². The smallest absolute Gasteiger partial charge is 0.411 e. The second-order valence-corrected chi connectivity index (χ2v) is 6.26. The number of H-pyrrole nitrogens is 1. The van der Waals surface area contributed by atoms with Gasteiger partial charge in [-0.3, -0.25) is 9.59 Å². The van der Waals surface area contributed by atoms with Crippen LogP contribution < -0.4 is 25.0 Å². The fourth-order valence-electron chi connectivity index (χ4n) is 2.81. The Morgan fingerprint density at radius 2 is 1.72 bits per heavy atom. The van der Waals surface area contributed by atoms with Crippen molar-refractivity contribution in [1.82, 2.24) is 9.90 Å². The van der Waals surface area contributed by atoms with E-state index in [-0.39, 0.29) is 18.0 Å². The fourth-order valence-corrected chi connectivity index (χ4v) is 2.81. The molecule has 0 fully saturated rings. The molecule has 1 aromatic heterocycles. The van der Waals surface area contributed by atoms with Gasteiger partial charge in [0.25, 0.3) is 0 Å². The Bertz CT molecular complexity index is 1120. The van der Waals surface area contributed by atoms with Gasteiger partial charge >= 0.3 is 17.2 Å². The van der Waals surface area contributed by atoms with Gasteiger partial charge in [0.1, 0.15) is 11.5 Å². The van der Waals surface area contributed by atoms with Crippen LogP contribution >= 0.6 is 0 Å². The number of carbonyl (C=O) groups is 2. The number of amides is 1. The van der Waals surface area contributed by atoms with Crippen LogP contribution in [0.3, 0.4) is 0 Å². The molecule has 0 atom stereocenters. The number of aromatic amines is 1. The summed E-state index contributed by atoms with van der Waals surface area (Å²) in [6.07, 6.45) is 0. The van der Waals surface area contributed by atoms with Gasteiger partial charge in [-0.15, -0.1) is 4.68 Å². The first-order valence-electron chi connectivity index (χ1n) is 8.77. The van der Waals surface area contributed by atoms with Gasteiger partial charge in [0.05, 0.1) is 14.2 Å². The lowest BCUT2D eigenvalue weighted by Crippen LogP contribution is -2.47. The average Bonchev–Trinajstić information content (AvgIpc) is 3.03. The van der Waals surface area contributed by atoms with E-state index in [9.17, 15) is 14.4 Å². The SMILES string of the molecule is COc1cccc(NC(=O)c2c(=O)n(-c3cccc(OC)c3)[nH][n+]2CC(C)=O)c1. The van der Waals surface area contributed by atoms with E-state index >= 15 is 0 Å². The van der Waals surface area contributed by atoms with E-state index in [2.05, 4.69) is 10.5 Å². The van der Waals surface area contributed by atoms with Crippen LogP contribution in [0, 0.1) is 0 Å². The molecule has 0 unspecified atom stereocenters. The number of ketones is 1. The quantitative estimate of drug-likeness (QED) is 0.585. The van der Waals surface area contributed by atoms with Crippen molar-refractivity contribution >= 4 is 17.4 Å². The Labute approximate surface area is 166 Å². The fraction of sp³-hybridized carbons (Fsp3) is 0.200. The van der Waals surface area contributed by atoms with Crippen LogP contribution in [0.4, 0.5) is 5.69 Å². The average molecular weight is 397 g/mol.